The van der Waals surface area contributed by atoms with E-state index in [4.69, 9.17) is 4.42 Å². The minimum absolute atomic E-state index is 0.190. The summed E-state index contributed by atoms with van der Waals surface area (Å²) >= 11 is 0. The van der Waals surface area contributed by atoms with E-state index in [1.165, 1.54) is 12.5 Å². The summed E-state index contributed by atoms with van der Waals surface area (Å²) in [6.45, 7) is 7.07. The molecule has 2 N–H and O–H groups in total. The molecule has 0 saturated heterocycles. The topological polar surface area (TPSA) is 62.5 Å². The second-order valence-electron chi connectivity index (χ2n) is 7.06. The van der Waals surface area contributed by atoms with Gasteiger partial charge in [0.2, 0.25) is 0 Å². The maximum atomic E-state index is 11.8. The second-order valence-corrected chi connectivity index (χ2v) is 7.06. The minimum Gasteiger partial charge on any atom is -0.472 e. The SMILES string of the molecule is CC(C)(C)C1CCC(O)(CNC(=O)c2ccoc2)CC1. The van der Waals surface area contributed by atoms with Gasteiger partial charge < -0.3 is 14.8 Å². The number of hydrogen-bond donors (Lipinski definition) is 2. The molecule has 4 nitrogen and oxygen atoms in total. The zero-order valence-corrected chi connectivity index (χ0v) is 12.6. The monoisotopic (exact) mass is 279 g/mol. The highest BCUT2D eigenvalue weighted by Gasteiger charge is 2.37. The molecule has 0 aromatic carbocycles. The van der Waals surface area contributed by atoms with Crippen LogP contribution in [-0.2, 0) is 0 Å². The number of hydrogen-bond acceptors (Lipinski definition) is 3. The molecule has 1 aromatic heterocycles. The Bertz CT molecular complexity index is 437. The Hall–Kier alpha value is -1.29. The van der Waals surface area contributed by atoms with Crippen molar-refractivity contribution in [2.75, 3.05) is 6.54 Å². The molecule has 1 heterocycles. The molecule has 0 unspecified atom stereocenters. The van der Waals surface area contributed by atoms with Crippen LogP contribution in [0.5, 0.6) is 0 Å². The molecule has 4 heteroatoms. The molecule has 0 spiro atoms. The van der Waals surface area contributed by atoms with E-state index < -0.39 is 5.60 Å². The summed E-state index contributed by atoms with van der Waals surface area (Å²) in [5.41, 5.74) is 0.0275. The standard InChI is InChI=1S/C16H25NO3/c1-15(2,3)13-4-7-16(19,8-5-13)11-17-14(18)12-6-9-20-10-12/h6,9-10,13,19H,4-5,7-8,11H2,1-3H3,(H,17,18). The molecule has 1 saturated carbocycles. The van der Waals surface area contributed by atoms with Crippen molar-refractivity contribution in [1.82, 2.24) is 5.32 Å². The largest absolute Gasteiger partial charge is 0.472 e. The predicted octanol–water partition coefficient (Wildman–Crippen LogP) is 2.98. The number of furan rings is 1. The molecular formula is C16H25NO3. The van der Waals surface area contributed by atoms with Gasteiger partial charge in [0.1, 0.15) is 6.26 Å². The van der Waals surface area contributed by atoms with Crippen molar-refractivity contribution in [1.29, 1.82) is 0 Å². The van der Waals surface area contributed by atoms with Crippen LogP contribution in [0.4, 0.5) is 0 Å². The quantitative estimate of drug-likeness (QED) is 0.894. The first-order valence-electron chi connectivity index (χ1n) is 7.33. The third kappa shape index (κ3) is 3.63. The summed E-state index contributed by atoms with van der Waals surface area (Å²) in [5.74, 6) is 0.456. The van der Waals surface area contributed by atoms with Gasteiger partial charge in [0.15, 0.2) is 0 Å². The Morgan fingerprint density at radius 3 is 2.60 bits per heavy atom. The highest BCUT2D eigenvalue weighted by molar-refractivity contribution is 5.93. The molecule has 112 valence electrons. The van der Waals surface area contributed by atoms with Gasteiger partial charge in [-0.3, -0.25) is 4.79 Å². The van der Waals surface area contributed by atoms with Crippen LogP contribution in [-0.4, -0.2) is 23.2 Å². The summed E-state index contributed by atoms with van der Waals surface area (Å²) in [6, 6.07) is 1.62. The van der Waals surface area contributed by atoms with Gasteiger partial charge in [-0.15, -0.1) is 0 Å². The Balaban J connectivity index is 1.83. The third-order valence-corrected chi connectivity index (χ3v) is 4.50. The molecule has 1 aliphatic rings. The van der Waals surface area contributed by atoms with Crippen LogP contribution in [0.15, 0.2) is 23.0 Å². The molecule has 0 bridgehead atoms. The lowest BCUT2D eigenvalue weighted by Gasteiger charge is -2.41. The molecule has 1 aliphatic carbocycles. The van der Waals surface area contributed by atoms with E-state index in [1.807, 2.05) is 0 Å². The Kier molecular flexibility index (Phi) is 4.23. The van der Waals surface area contributed by atoms with Gasteiger partial charge in [0.05, 0.1) is 17.4 Å². The zero-order chi connectivity index (χ0) is 14.8. The molecular weight excluding hydrogens is 254 g/mol. The number of amides is 1. The highest BCUT2D eigenvalue weighted by atomic mass is 16.3. The van der Waals surface area contributed by atoms with Crippen LogP contribution in [0, 0.1) is 11.3 Å². The van der Waals surface area contributed by atoms with Crippen molar-refractivity contribution >= 4 is 5.91 Å². The van der Waals surface area contributed by atoms with Crippen LogP contribution >= 0.6 is 0 Å². The number of nitrogens with one attached hydrogen (secondary N) is 1. The summed E-state index contributed by atoms with van der Waals surface area (Å²) in [7, 11) is 0. The average Bonchev–Trinajstić information content (AvgIpc) is 2.89. The Labute approximate surface area is 120 Å². The molecule has 2 rings (SSSR count). The number of aliphatic hydroxyl groups is 1. The summed E-state index contributed by atoms with van der Waals surface area (Å²) in [6.07, 6.45) is 6.42. The average molecular weight is 279 g/mol. The summed E-state index contributed by atoms with van der Waals surface area (Å²) < 4.78 is 4.88. The lowest BCUT2D eigenvalue weighted by molar-refractivity contribution is -0.0228. The van der Waals surface area contributed by atoms with E-state index in [9.17, 15) is 9.90 Å². The van der Waals surface area contributed by atoms with Crippen molar-refractivity contribution in [3.63, 3.8) is 0 Å². The van der Waals surface area contributed by atoms with E-state index in [-0.39, 0.29) is 5.91 Å². The van der Waals surface area contributed by atoms with Gasteiger partial charge in [-0.1, -0.05) is 20.8 Å². The molecule has 0 radical (unpaired) electrons. The lowest BCUT2D eigenvalue weighted by atomic mass is 9.68. The van der Waals surface area contributed by atoms with Gasteiger partial charge in [0.25, 0.3) is 5.91 Å². The summed E-state index contributed by atoms with van der Waals surface area (Å²) in [4.78, 5) is 11.8. The van der Waals surface area contributed by atoms with E-state index in [1.54, 1.807) is 6.07 Å². The van der Waals surface area contributed by atoms with Gasteiger partial charge in [-0.25, -0.2) is 0 Å². The van der Waals surface area contributed by atoms with Gasteiger partial charge in [-0.05, 0) is 43.1 Å². The molecule has 1 fully saturated rings. The first-order valence-corrected chi connectivity index (χ1v) is 7.33. The molecule has 1 aromatic rings. The van der Waals surface area contributed by atoms with E-state index >= 15 is 0 Å². The summed E-state index contributed by atoms with van der Waals surface area (Å²) in [5, 5.41) is 13.4. The number of carbonyl (C=O) groups is 1. The van der Waals surface area contributed by atoms with E-state index in [0.717, 1.165) is 25.7 Å². The zero-order valence-electron chi connectivity index (χ0n) is 12.6. The third-order valence-electron chi connectivity index (χ3n) is 4.50. The predicted molar refractivity (Wildman–Crippen MR) is 77.4 cm³/mol. The second kappa shape index (κ2) is 5.60. The molecule has 0 aliphatic heterocycles. The smallest absolute Gasteiger partial charge is 0.254 e. The van der Waals surface area contributed by atoms with Crippen molar-refractivity contribution < 1.29 is 14.3 Å². The van der Waals surface area contributed by atoms with Gasteiger partial charge in [0, 0.05) is 6.54 Å². The molecule has 0 atom stereocenters. The van der Waals surface area contributed by atoms with Crippen LogP contribution in [0.2, 0.25) is 0 Å². The van der Waals surface area contributed by atoms with Crippen molar-refractivity contribution in [3.05, 3.63) is 24.2 Å². The van der Waals surface area contributed by atoms with E-state index in [0.29, 0.717) is 23.4 Å². The Morgan fingerprint density at radius 2 is 2.10 bits per heavy atom. The number of carbonyl (C=O) groups excluding carboxylic acids is 1. The van der Waals surface area contributed by atoms with Crippen LogP contribution < -0.4 is 5.32 Å². The fourth-order valence-corrected chi connectivity index (χ4v) is 2.94. The highest BCUT2D eigenvalue weighted by Crippen LogP contribution is 2.41. The number of rotatable bonds is 3. The maximum absolute atomic E-state index is 11.8. The van der Waals surface area contributed by atoms with Crippen molar-refractivity contribution in [3.8, 4) is 0 Å². The minimum atomic E-state index is -0.763. The lowest BCUT2D eigenvalue weighted by Crippen LogP contribution is -2.46. The first-order chi connectivity index (χ1) is 9.30. The molecule has 1 amide bonds. The fourth-order valence-electron chi connectivity index (χ4n) is 2.94. The van der Waals surface area contributed by atoms with E-state index in [2.05, 4.69) is 26.1 Å². The van der Waals surface area contributed by atoms with Gasteiger partial charge >= 0.3 is 0 Å². The maximum Gasteiger partial charge on any atom is 0.254 e. The van der Waals surface area contributed by atoms with Gasteiger partial charge in [-0.2, -0.15) is 0 Å². The first kappa shape index (κ1) is 15.1. The fraction of sp³-hybridized carbons (Fsp3) is 0.688. The molecule has 20 heavy (non-hydrogen) atoms. The Morgan fingerprint density at radius 1 is 1.45 bits per heavy atom. The van der Waals surface area contributed by atoms with Crippen LogP contribution in [0.25, 0.3) is 0 Å². The van der Waals surface area contributed by atoms with Crippen molar-refractivity contribution in [2.24, 2.45) is 11.3 Å². The van der Waals surface area contributed by atoms with Crippen LogP contribution in [0.1, 0.15) is 56.8 Å². The van der Waals surface area contributed by atoms with Crippen molar-refractivity contribution in [2.45, 2.75) is 52.1 Å². The normalized spacial score (nSPS) is 27.3. The van der Waals surface area contributed by atoms with Crippen LogP contribution in [0.3, 0.4) is 0 Å².